The molecule has 2 nitrogen and oxygen atoms in total. The highest BCUT2D eigenvalue weighted by Gasteiger charge is 2.57. The van der Waals surface area contributed by atoms with Gasteiger partial charge < -0.3 is 5.11 Å². The zero-order chi connectivity index (χ0) is 11.3. The Bertz CT molecular complexity index is 318. The van der Waals surface area contributed by atoms with Crippen molar-refractivity contribution in [3.8, 4) is 0 Å². The van der Waals surface area contributed by atoms with E-state index in [-0.39, 0.29) is 11.3 Å². The first-order valence-electron chi connectivity index (χ1n) is 5.81. The second-order valence-corrected chi connectivity index (χ2v) is 6.03. The largest absolute Gasteiger partial charge is 0.481 e. The average Bonchev–Trinajstić information content (AvgIpc) is 2.57. The molecule has 3 unspecified atom stereocenters. The maximum absolute atomic E-state index is 11.3. The summed E-state index contributed by atoms with van der Waals surface area (Å²) in [4.78, 5) is 11.3. The average molecular weight is 208 g/mol. The summed E-state index contributed by atoms with van der Waals surface area (Å²) in [5.41, 5.74) is -0.324. The number of rotatable bonds is 3. The van der Waals surface area contributed by atoms with Gasteiger partial charge in [0.05, 0.1) is 5.41 Å². The molecule has 84 valence electrons. The van der Waals surface area contributed by atoms with E-state index in [9.17, 15) is 9.90 Å². The minimum absolute atomic E-state index is 0.186. The van der Waals surface area contributed by atoms with E-state index >= 15 is 0 Å². The van der Waals surface area contributed by atoms with Crippen molar-refractivity contribution in [1.29, 1.82) is 0 Å². The minimum atomic E-state index is -0.623. The highest BCUT2D eigenvalue weighted by atomic mass is 16.4. The fourth-order valence-corrected chi connectivity index (χ4v) is 3.60. The molecule has 3 atom stereocenters. The summed E-state index contributed by atoms with van der Waals surface area (Å²) in [5, 5.41) is 9.31. The van der Waals surface area contributed by atoms with Crippen molar-refractivity contribution < 1.29 is 9.90 Å². The first kappa shape index (κ1) is 10.7. The van der Waals surface area contributed by atoms with Crippen molar-refractivity contribution in [2.24, 2.45) is 22.7 Å². The third kappa shape index (κ3) is 1.51. The molecule has 0 heterocycles. The van der Waals surface area contributed by atoms with Crippen molar-refractivity contribution in [3.05, 3.63) is 12.2 Å². The van der Waals surface area contributed by atoms with Crippen LogP contribution in [0.2, 0.25) is 0 Å². The molecule has 2 aliphatic carbocycles. The molecular formula is C13H20O2. The normalized spacial score (nSPS) is 42.8. The predicted molar refractivity (Wildman–Crippen MR) is 59.5 cm³/mol. The lowest BCUT2D eigenvalue weighted by atomic mass is 9.72. The Balaban J connectivity index is 2.23. The summed E-state index contributed by atoms with van der Waals surface area (Å²) in [6, 6.07) is 0. The molecule has 0 amide bonds. The molecule has 1 N–H and O–H groups in total. The molecule has 0 saturated heterocycles. The highest BCUT2D eigenvalue weighted by Crippen LogP contribution is 2.61. The van der Waals surface area contributed by atoms with Crippen LogP contribution in [0.1, 0.15) is 40.0 Å². The summed E-state index contributed by atoms with van der Waals surface area (Å²) < 4.78 is 0. The van der Waals surface area contributed by atoms with Crippen LogP contribution in [0.3, 0.4) is 0 Å². The quantitative estimate of drug-likeness (QED) is 0.724. The van der Waals surface area contributed by atoms with Gasteiger partial charge in [-0.15, -0.1) is 0 Å². The summed E-state index contributed by atoms with van der Waals surface area (Å²) in [6.07, 6.45) is 7.42. The van der Waals surface area contributed by atoms with Crippen molar-refractivity contribution in [3.63, 3.8) is 0 Å². The van der Waals surface area contributed by atoms with Crippen LogP contribution >= 0.6 is 0 Å². The van der Waals surface area contributed by atoms with E-state index in [0.29, 0.717) is 5.92 Å². The van der Waals surface area contributed by atoms with Crippen LogP contribution in [0, 0.1) is 22.7 Å². The molecule has 2 bridgehead atoms. The number of carbonyl (C=O) groups is 1. The van der Waals surface area contributed by atoms with Gasteiger partial charge in [-0.3, -0.25) is 4.79 Å². The van der Waals surface area contributed by atoms with Gasteiger partial charge in [0.2, 0.25) is 0 Å². The molecule has 0 aromatic rings. The molecule has 1 saturated carbocycles. The third-order valence-corrected chi connectivity index (χ3v) is 4.15. The van der Waals surface area contributed by atoms with Crippen molar-refractivity contribution in [2.75, 3.05) is 0 Å². The standard InChI is InChI=1S/C13H20O2/c1-9(2)6-13-5-4-10(7-13)12(3,8-13)11(14)15/h4-5,9-10H,6-8H2,1-3H3,(H,14,15). The fraction of sp³-hybridized carbons (Fsp3) is 0.769. The lowest BCUT2D eigenvalue weighted by molar-refractivity contribution is -0.149. The summed E-state index contributed by atoms with van der Waals surface area (Å²) >= 11 is 0. The number of carboxylic acid groups (broad SMARTS) is 1. The Morgan fingerprint density at radius 3 is 2.73 bits per heavy atom. The summed E-state index contributed by atoms with van der Waals surface area (Å²) in [5.74, 6) is 0.278. The lowest BCUT2D eigenvalue weighted by Gasteiger charge is -2.31. The van der Waals surface area contributed by atoms with Crippen LogP contribution < -0.4 is 0 Å². The van der Waals surface area contributed by atoms with E-state index in [1.807, 2.05) is 6.92 Å². The van der Waals surface area contributed by atoms with Crippen LogP contribution in [0.25, 0.3) is 0 Å². The molecule has 15 heavy (non-hydrogen) atoms. The third-order valence-electron chi connectivity index (χ3n) is 4.15. The number of carboxylic acids is 1. The van der Waals surface area contributed by atoms with Gasteiger partial charge >= 0.3 is 5.97 Å². The first-order chi connectivity index (χ1) is 6.88. The maximum atomic E-state index is 11.3. The van der Waals surface area contributed by atoms with Crippen molar-refractivity contribution in [2.45, 2.75) is 40.0 Å². The summed E-state index contributed by atoms with van der Waals surface area (Å²) in [6.45, 7) is 6.34. The highest BCUT2D eigenvalue weighted by molar-refractivity contribution is 5.76. The number of aliphatic carboxylic acids is 1. The summed E-state index contributed by atoms with van der Waals surface area (Å²) in [7, 11) is 0. The van der Waals surface area contributed by atoms with Crippen LogP contribution in [-0.2, 0) is 4.79 Å². The molecule has 1 fully saturated rings. The maximum Gasteiger partial charge on any atom is 0.309 e. The van der Waals surface area contributed by atoms with Crippen LogP contribution in [0.15, 0.2) is 12.2 Å². The lowest BCUT2D eigenvalue weighted by Crippen LogP contribution is -2.33. The van der Waals surface area contributed by atoms with Crippen molar-refractivity contribution in [1.82, 2.24) is 0 Å². The molecule has 2 aliphatic rings. The molecule has 0 radical (unpaired) electrons. The zero-order valence-corrected chi connectivity index (χ0v) is 9.79. The van der Waals surface area contributed by atoms with Crippen molar-refractivity contribution >= 4 is 5.97 Å². The smallest absolute Gasteiger partial charge is 0.309 e. The Hall–Kier alpha value is -0.790. The van der Waals surface area contributed by atoms with Gasteiger partial charge in [-0.05, 0) is 43.4 Å². The van der Waals surface area contributed by atoms with Gasteiger partial charge in [0.25, 0.3) is 0 Å². The van der Waals surface area contributed by atoms with E-state index in [1.54, 1.807) is 0 Å². The Morgan fingerprint density at radius 1 is 1.60 bits per heavy atom. The zero-order valence-electron chi connectivity index (χ0n) is 9.79. The van der Waals surface area contributed by atoms with E-state index in [2.05, 4.69) is 26.0 Å². The van der Waals surface area contributed by atoms with Crippen LogP contribution in [0.5, 0.6) is 0 Å². The van der Waals surface area contributed by atoms with E-state index < -0.39 is 11.4 Å². The number of hydrogen-bond donors (Lipinski definition) is 1. The van der Waals surface area contributed by atoms with Gasteiger partial charge in [-0.2, -0.15) is 0 Å². The Kier molecular flexibility index (Phi) is 2.21. The van der Waals surface area contributed by atoms with Gasteiger partial charge in [0, 0.05) is 0 Å². The predicted octanol–water partition coefficient (Wildman–Crippen LogP) is 3.09. The first-order valence-corrected chi connectivity index (χ1v) is 5.81. The molecule has 0 aromatic carbocycles. The minimum Gasteiger partial charge on any atom is -0.481 e. The Morgan fingerprint density at radius 2 is 2.27 bits per heavy atom. The fourth-order valence-electron chi connectivity index (χ4n) is 3.60. The molecular weight excluding hydrogens is 188 g/mol. The number of allylic oxidation sites excluding steroid dienone is 2. The number of fused-ring (bicyclic) bond motifs is 2. The van der Waals surface area contributed by atoms with Crippen LogP contribution in [-0.4, -0.2) is 11.1 Å². The molecule has 2 heteroatoms. The second-order valence-electron chi connectivity index (χ2n) is 6.03. The van der Waals surface area contributed by atoms with Gasteiger partial charge in [-0.1, -0.05) is 26.0 Å². The number of hydrogen-bond acceptors (Lipinski definition) is 1. The molecule has 2 rings (SSSR count). The van der Waals surface area contributed by atoms with E-state index in [1.165, 1.54) is 0 Å². The molecule has 0 spiro atoms. The van der Waals surface area contributed by atoms with Gasteiger partial charge in [0.1, 0.15) is 0 Å². The SMILES string of the molecule is CC(C)CC12C=CC(C1)C(C)(C(=O)O)C2. The van der Waals surface area contributed by atoms with Gasteiger partial charge in [-0.25, -0.2) is 0 Å². The van der Waals surface area contributed by atoms with Gasteiger partial charge in [0.15, 0.2) is 0 Å². The van der Waals surface area contributed by atoms with E-state index in [0.717, 1.165) is 19.3 Å². The van der Waals surface area contributed by atoms with Crippen LogP contribution in [0.4, 0.5) is 0 Å². The molecule has 0 aromatic heterocycles. The monoisotopic (exact) mass is 208 g/mol. The Labute approximate surface area is 91.4 Å². The topological polar surface area (TPSA) is 37.3 Å². The second kappa shape index (κ2) is 3.10. The molecule has 0 aliphatic heterocycles. The van der Waals surface area contributed by atoms with E-state index in [4.69, 9.17) is 0 Å².